The van der Waals surface area contributed by atoms with E-state index < -0.39 is 12.1 Å². The maximum absolute atomic E-state index is 12.9. The highest BCUT2D eigenvalue weighted by atomic mass is 32.1. The third kappa shape index (κ3) is 5.60. The Hall–Kier alpha value is -2.50. The second-order valence-corrected chi connectivity index (χ2v) is 8.81. The molecule has 6 nitrogen and oxygen atoms in total. The molecule has 1 aliphatic heterocycles. The van der Waals surface area contributed by atoms with Crippen molar-refractivity contribution in [3.05, 3.63) is 41.3 Å². The smallest absolute Gasteiger partial charge is 0.475 e. The van der Waals surface area contributed by atoms with Gasteiger partial charge < -0.3 is 15.3 Å². The van der Waals surface area contributed by atoms with Crippen LogP contribution in [0.25, 0.3) is 20.1 Å². The number of halogens is 3. The number of nitrogens with one attached hydrogen (secondary N) is 1. The molecule has 11 heteroatoms. The molecule has 0 bridgehead atoms. The van der Waals surface area contributed by atoms with Gasteiger partial charge in [0.25, 0.3) is 5.91 Å². The highest BCUT2D eigenvalue weighted by Crippen LogP contribution is 2.35. The number of amides is 1. The van der Waals surface area contributed by atoms with Gasteiger partial charge in [0.15, 0.2) is 0 Å². The summed E-state index contributed by atoms with van der Waals surface area (Å²) in [6.07, 6.45) is -4.05. The van der Waals surface area contributed by atoms with Crippen LogP contribution in [0, 0.1) is 0 Å². The molecule has 2 aromatic heterocycles. The van der Waals surface area contributed by atoms with Gasteiger partial charge in [-0.25, -0.2) is 9.78 Å². The average molecular weight is 472 g/mol. The molecule has 1 atom stereocenters. The molecule has 1 saturated heterocycles. The number of aromatic nitrogens is 1. The number of hydrogen-bond donors (Lipinski definition) is 2. The standard InChI is InChI=1S/C18H19N3OS2.C2HF3O2/c1-2-21(12-9-10-19-11-12)18(22)16-8-7-15(23-16)17-20-13-5-3-4-6-14(13)24-17;3-2(4,5)1(6)7/h3-8,12,19H,2,9-11H2,1H3;(H,6,7). The van der Waals surface area contributed by atoms with Crippen LogP contribution in [0.4, 0.5) is 13.2 Å². The molecule has 0 radical (unpaired) electrons. The molecule has 4 rings (SSSR count). The van der Waals surface area contributed by atoms with Crippen molar-refractivity contribution >= 4 is 44.8 Å². The molecule has 0 spiro atoms. The number of likely N-dealkylation sites (N-methyl/N-ethyl adjacent to an activating group) is 1. The Kier molecular flexibility index (Phi) is 7.29. The fraction of sp³-hybridized carbons (Fsp3) is 0.350. The normalized spacial score (nSPS) is 16.1. The van der Waals surface area contributed by atoms with Crippen LogP contribution in [-0.2, 0) is 4.79 Å². The summed E-state index contributed by atoms with van der Waals surface area (Å²) in [6.45, 7) is 4.70. The molecule has 1 aliphatic rings. The summed E-state index contributed by atoms with van der Waals surface area (Å²) < 4.78 is 32.9. The van der Waals surface area contributed by atoms with Crippen molar-refractivity contribution in [2.45, 2.75) is 25.6 Å². The first-order valence-corrected chi connectivity index (χ1v) is 11.1. The number of thiophene rings is 1. The van der Waals surface area contributed by atoms with Crippen molar-refractivity contribution in [2.24, 2.45) is 0 Å². The Morgan fingerprint density at radius 3 is 2.52 bits per heavy atom. The minimum atomic E-state index is -5.08. The van der Waals surface area contributed by atoms with Gasteiger partial charge in [0.2, 0.25) is 0 Å². The van der Waals surface area contributed by atoms with Crippen LogP contribution in [0.1, 0.15) is 23.0 Å². The van der Waals surface area contributed by atoms with Gasteiger partial charge in [0.1, 0.15) is 5.01 Å². The number of fused-ring (bicyclic) bond motifs is 1. The number of nitrogens with zero attached hydrogens (tertiary/aromatic N) is 2. The monoisotopic (exact) mass is 471 g/mol. The topological polar surface area (TPSA) is 82.5 Å². The van der Waals surface area contributed by atoms with Crippen LogP contribution < -0.4 is 5.32 Å². The zero-order valence-electron chi connectivity index (χ0n) is 16.5. The Morgan fingerprint density at radius 2 is 1.94 bits per heavy atom. The van der Waals surface area contributed by atoms with Crippen molar-refractivity contribution in [3.63, 3.8) is 0 Å². The lowest BCUT2D eigenvalue weighted by Gasteiger charge is -2.26. The lowest BCUT2D eigenvalue weighted by Crippen LogP contribution is -2.41. The summed E-state index contributed by atoms with van der Waals surface area (Å²) in [5, 5.41) is 11.5. The second-order valence-electron chi connectivity index (χ2n) is 6.69. The number of carboxylic acids is 1. The van der Waals surface area contributed by atoms with Crippen LogP contribution in [0.3, 0.4) is 0 Å². The Bertz CT molecular complexity index is 1030. The van der Waals surface area contributed by atoms with Gasteiger partial charge in [-0.3, -0.25) is 4.79 Å². The minimum absolute atomic E-state index is 0.142. The molecule has 3 aromatic rings. The highest BCUT2D eigenvalue weighted by Gasteiger charge is 2.38. The van der Waals surface area contributed by atoms with E-state index in [1.54, 1.807) is 22.7 Å². The predicted molar refractivity (Wildman–Crippen MR) is 115 cm³/mol. The summed E-state index contributed by atoms with van der Waals surface area (Å²) >= 11 is 3.23. The van der Waals surface area contributed by atoms with Gasteiger partial charge in [0, 0.05) is 19.1 Å². The zero-order valence-corrected chi connectivity index (χ0v) is 18.1. The molecular weight excluding hydrogens is 451 g/mol. The van der Waals surface area contributed by atoms with E-state index in [0.717, 1.165) is 46.3 Å². The summed E-state index contributed by atoms with van der Waals surface area (Å²) in [7, 11) is 0. The van der Waals surface area contributed by atoms with Crippen LogP contribution in [0.15, 0.2) is 36.4 Å². The third-order valence-electron chi connectivity index (χ3n) is 4.64. The van der Waals surface area contributed by atoms with Crippen LogP contribution in [0.2, 0.25) is 0 Å². The van der Waals surface area contributed by atoms with Crippen LogP contribution in [0.5, 0.6) is 0 Å². The van der Waals surface area contributed by atoms with Gasteiger partial charge in [-0.15, -0.1) is 22.7 Å². The van der Waals surface area contributed by atoms with E-state index in [-0.39, 0.29) is 5.91 Å². The Labute approximate surface area is 184 Å². The number of carbonyl (C=O) groups is 2. The summed E-state index contributed by atoms with van der Waals surface area (Å²) in [4.78, 5) is 30.3. The van der Waals surface area contributed by atoms with Gasteiger partial charge in [-0.1, -0.05) is 12.1 Å². The van der Waals surface area contributed by atoms with Crippen LogP contribution in [-0.4, -0.2) is 58.7 Å². The fourth-order valence-corrected chi connectivity index (χ4v) is 5.14. The molecule has 0 aliphatic carbocycles. The number of thiazole rings is 1. The van der Waals surface area contributed by atoms with Crippen molar-refractivity contribution in [2.75, 3.05) is 19.6 Å². The van der Waals surface area contributed by atoms with Crippen molar-refractivity contribution in [1.82, 2.24) is 15.2 Å². The van der Waals surface area contributed by atoms with Gasteiger partial charge in [0.05, 0.1) is 20.0 Å². The molecular formula is C20H20F3N3O3S2. The minimum Gasteiger partial charge on any atom is -0.475 e. The number of alkyl halides is 3. The molecule has 1 fully saturated rings. The van der Waals surface area contributed by atoms with Crippen molar-refractivity contribution in [3.8, 4) is 9.88 Å². The summed E-state index contributed by atoms with van der Waals surface area (Å²) in [5.74, 6) is -2.61. The van der Waals surface area contributed by atoms with Gasteiger partial charge in [-0.05, 0) is 44.2 Å². The van der Waals surface area contributed by atoms with Crippen molar-refractivity contribution in [1.29, 1.82) is 0 Å². The van der Waals surface area contributed by atoms with Crippen LogP contribution >= 0.6 is 22.7 Å². The third-order valence-corrected chi connectivity index (χ3v) is 6.92. The number of carboxylic acid groups (broad SMARTS) is 1. The number of para-hydroxylation sites is 1. The lowest BCUT2D eigenvalue weighted by molar-refractivity contribution is -0.192. The Balaban J connectivity index is 0.000000339. The van der Waals surface area contributed by atoms with Gasteiger partial charge in [-0.2, -0.15) is 13.2 Å². The quantitative estimate of drug-likeness (QED) is 0.586. The molecule has 1 unspecified atom stereocenters. The number of hydrogen-bond acceptors (Lipinski definition) is 6. The maximum atomic E-state index is 12.9. The van der Waals surface area contributed by atoms with Gasteiger partial charge >= 0.3 is 12.1 Å². The van der Waals surface area contributed by atoms with Crippen molar-refractivity contribution < 1.29 is 27.9 Å². The number of aliphatic carboxylic acids is 1. The number of rotatable bonds is 4. The van der Waals surface area contributed by atoms with E-state index in [1.807, 2.05) is 35.2 Å². The Morgan fingerprint density at radius 1 is 1.23 bits per heavy atom. The average Bonchev–Trinajstić information content (AvgIpc) is 3.47. The number of carbonyl (C=O) groups excluding carboxylic acids is 1. The van der Waals surface area contributed by atoms with E-state index in [0.29, 0.717) is 6.04 Å². The summed E-state index contributed by atoms with van der Waals surface area (Å²) in [5.41, 5.74) is 1.02. The van der Waals surface area contributed by atoms with E-state index in [2.05, 4.69) is 18.3 Å². The first-order valence-electron chi connectivity index (χ1n) is 9.48. The highest BCUT2D eigenvalue weighted by molar-refractivity contribution is 7.26. The van der Waals surface area contributed by atoms with E-state index >= 15 is 0 Å². The predicted octanol–water partition coefficient (Wildman–Crippen LogP) is 4.48. The maximum Gasteiger partial charge on any atom is 0.490 e. The first-order chi connectivity index (χ1) is 14.7. The largest absolute Gasteiger partial charge is 0.490 e. The molecule has 166 valence electrons. The zero-order chi connectivity index (χ0) is 22.6. The molecule has 0 saturated carbocycles. The molecule has 1 aromatic carbocycles. The lowest BCUT2D eigenvalue weighted by atomic mass is 10.2. The first kappa shape index (κ1) is 23.2. The van der Waals surface area contributed by atoms with E-state index in [4.69, 9.17) is 14.9 Å². The molecule has 3 heterocycles. The van der Waals surface area contributed by atoms with E-state index in [1.165, 1.54) is 4.70 Å². The summed E-state index contributed by atoms with van der Waals surface area (Å²) in [6, 6.07) is 12.4. The SMILES string of the molecule is CCN(C(=O)c1ccc(-c2nc3ccccc3s2)s1)C1CCNC1.O=C(O)C(F)(F)F. The fourth-order valence-electron chi connectivity index (χ4n) is 3.16. The molecule has 31 heavy (non-hydrogen) atoms. The molecule has 1 amide bonds. The second kappa shape index (κ2) is 9.75. The number of benzene rings is 1. The molecule has 2 N–H and O–H groups in total. The van der Waals surface area contributed by atoms with E-state index in [9.17, 15) is 18.0 Å².